The van der Waals surface area contributed by atoms with Crippen LogP contribution in [0, 0.1) is 5.92 Å². The van der Waals surface area contributed by atoms with Crippen molar-refractivity contribution in [3.63, 3.8) is 0 Å². The van der Waals surface area contributed by atoms with Gasteiger partial charge in [-0.3, -0.25) is 0 Å². The van der Waals surface area contributed by atoms with Gasteiger partial charge in [-0.1, -0.05) is 19.1 Å². The fourth-order valence-electron chi connectivity index (χ4n) is 3.81. The van der Waals surface area contributed by atoms with Crippen molar-refractivity contribution < 1.29 is 22.3 Å². The number of oxazole rings is 1. The lowest BCUT2D eigenvalue weighted by Crippen LogP contribution is -2.33. The van der Waals surface area contributed by atoms with Gasteiger partial charge in [-0.15, -0.1) is 0 Å². The molecule has 0 atom stereocenters. The number of nitrogens with zero attached hydrogens (tertiary/aromatic N) is 2. The number of hydrogen-bond donors (Lipinski definition) is 0. The Balaban J connectivity index is 1.81. The van der Waals surface area contributed by atoms with Crippen LogP contribution in [0.5, 0.6) is 11.5 Å². The minimum atomic E-state index is -3.91. The summed E-state index contributed by atoms with van der Waals surface area (Å²) >= 11 is 0. The van der Waals surface area contributed by atoms with Crippen molar-refractivity contribution >= 4 is 15.7 Å². The molecule has 7 nitrogen and oxygen atoms in total. The molecule has 1 aromatic heterocycles. The van der Waals surface area contributed by atoms with Crippen LogP contribution in [0.2, 0.25) is 0 Å². The highest BCUT2D eigenvalue weighted by Crippen LogP contribution is 2.39. The zero-order valence-electron chi connectivity index (χ0n) is 18.6. The first-order valence-corrected chi connectivity index (χ1v) is 12.3. The molecule has 0 aliphatic carbocycles. The summed E-state index contributed by atoms with van der Waals surface area (Å²) in [5.41, 5.74) is 0.606. The number of benzene rings is 2. The third kappa shape index (κ3) is 4.32. The van der Waals surface area contributed by atoms with Crippen LogP contribution < -0.4 is 14.4 Å². The molecule has 0 bridgehead atoms. The Morgan fingerprint density at radius 1 is 1.09 bits per heavy atom. The lowest BCUT2D eigenvalue weighted by atomic mass is 9.99. The zero-order chi connectivity index (χ0) is 22.7. The maximum absolute atomic E-state index is 13.6. The Hall–Kier alpha value is -3.00. The molecule has 0 saturated carbocycles. The summed E-state index contributed by atoms with van der Waals surface area (Å²) in [6, 6.07) is 13.7. The molecule has 0 amide bonds. The fraction of sp³-hybridized carbons (Fsp3) is 0.375. The molecule has 1 aliphatic heterocycles. The summed E-state index contributed by atoms with van der Waals surface area (Å²) in [6.45, 7) is 6.02. The lowest BCUT2D eigenvalue weighted by molar-refractivity contribution is 0.340. The summed E-state index contributed by atoms with van der Waals surface area (Å²) in [6.07, 6.45) is 1.93. The normalized spacial score (nSPS) is 15.0. The fourth-order valence-corrected chi connectivity index (χ4v) is 5.14. The molecule has 1 saturated heterocycles. The number of sulfone groups is 1. The third-order valence-electron chi connectivity index (χ3n) is 5.69. The van der Waals surface area contributed by atoms with E-state index in [1.165, 1.54) is 0 Å². The molecule has 3 aromatic rings. The number of rotatable bonds is 7. The molecule has 4 rings (SSSR count). The van der Waals surface area contributed by atoms with Crippen LogP contribution in [0.25, 0.3) is 11.5 Å². The van der Waals surface area contributed by atoms with Gasteiger partial charge in [0.05, 0.1) is 24.2 Å². The van der Waals surface area contributed by atoms with E-state index in [1.54, 1.807) is 43.5 Å². The van der Waals surface area contributed by atoms with Gasteiger partial charge < -0.3 is 18.8 Å². The van der Waals surface area contributed by atoms with Gasteiger partial charge in [-0.05, 0) is 62.1 Å². The Bertz CT molecular complexity index is 1160. The van der Waals surface area contributed by atoms with Crippen LogP contribution in [0.1, 0.15) is 26.7 Å². The predicted molar refractivity (Wildman–Crippen MR) is 122 cm³/mol. The number of methoxy groups -OCH3 is 1. The van der Waals surface area contributed by atoms with Crippen LogP contribution in [0.4, 0.5) is 5.88 Å². The van der Waals surface area contributed by atoms with E-state index in [-0.39, 0.29) is 21.7 Å². The van der Waals surface area contributed by atoms with E-state index in [0.717, 1.165) is 12.8 Å². The first kappa shape index (κ1) is 22.2. The SMILES string of the molecule is CCOc1ccc(S(=O)(=O)c2nc(-c3ccccc3OC)oc2N2CCC(C)CC2)cc1. The van der Waals surface area contributed by atoms with Crippen LogP contribution in [-0.4, -0.2) is 40.2 Å². The average molecular weight is 457 g/mol. The van der Waals surface area contributed by atoms with Gasteiger partial charge in [0.25, 0.3) is 0 Å². The number of anilines is 1. The topological polar surface area (TPSA) is 81.9 Å². The Kier molecular flexibility index (Phi) is 6.41. The van der Waals surface area contributed by atoms with E-state index in [2.05, 4.69) is 11.9 Å². The maximum Gasteiger partial charge on any atom is 0.236 e. The third-order valence-corrected chi connectivity index (χ3v) is 7.35. The molecule has 2 heterocycles. The maximum atomic E-state index is 13.6. The molecule has 1 fully saturated rings. The molecule has 32 heavy (non-hydrogen) atoms. The monoisotopic (exact) mass is 456 g/mol. The second kappa shape index (κ2) is 9.24. The van der Waals surface area contributed by atoms with Gasteiger partial charge in [0.1, 0.15) is 11.5 Å². The number of para-hydroxylation sites is 1. The summed E-state index contributed by atoms with van der Waals surface area (Å²) in [5, 5.41) is -0.0721. The van der Waals surface area contributed by atoms with E-state index in [1.807, 2.05) is 24.0 Å². The first-order chi connectivity index (χ1) is 15.4. The van der Waals surface area contributed by atoms with E-state index < -0.39 is 9.84 Å². The van der Waals surface area contributed by atoms with Crippen molar-refractivity contribution in [2.75, 3.05) is 31.7 Å². The molecule has 0 radical (unpaired) electrons. The Morgan fingerprint density at radius 2 is 1.78 bits per heavy atom. The van der Waals surface area contributed by atoms with Gasteiger partial charge in [-0.25, -0.2) is 8.42 Å². The highest BCUT2D eigenvalue weighted by Gasteiger charge is 2.33. The Morgan fingerprint density at radius 3 is 2.44 bits per heavy atom. The summed E-state index contributed by atoms with van der Waals surface area (Å²) in [5.74, 6) is 2.28. The first-order valence-electron chi connectivity index (χ1n) is 10.8. The van der Waals surface area contributed by atoms with Crippen molar-refractivity contribution in [3.8, 4) is 23.0 Å². The minimum absolute atomic E-state index is 0.0721. The van der Waals surface area contributed by atoms with Crippen molar-refractivity contribution in [3.05, 3.63) is 48.5 Å². The number of ether oxygens (including phenoxy) is 2. The van der Waals surface area contributed by atoms with Crippen LogP contribution in [0.3, 0.4) is 0 Å². The molecule has 2 aromatic carbocycles. The van der Waals surface area contributed by atoms with Gasteiger partial charge in [-0.2, -0.15) is 4.98 Å². The highest BCUT2D eigenvalue weighted by atomic mass is 32.2. The highest BCUT2D eigenvalue weighted by molar-refractivity contribution is 7.91. The van der Waals surface area contributed by atoms with Crippen molar-refractivity contribution in [1.29, 1.82) is 0 Å². The minimum Gasteiger partial charge on any atom is -0.496 e. The van der Waals surface area contributed by atoms with E-state index in [9.17, 15) is 8.42 Å². The summed E-state index contributed by atoms with van der Waals surface area (Å²) in [4.78, 5) is 6.61. The average Bonchev–Trinajstić information content (AvgIpc) is 3.26. The second-order valence-corrected chi connectivity index (χ2v) is 9.77. The molecule has 0 N–H and O–H groups in total. The molecular weight excluding hydrogens is 428 g/mol. The van der Waals surface area contributed by atoms with Gasteiger partial charge >= 0.3 is 0 Å². The predicted octanol–water partition coefficient (Wildman–Crippen LogP) is 4.82. The van der Waals surface area contributed by atoms with Crippen molar-refractivity contribution in [2.24, 2.45) is 5.92 Å². The zero-order valence-corrected chi connectivity index (χ0v) is 19.4. The summed E-state index contributed by atoms with van der Waals surface area (Å²) < 4.78 is 44.2. The van der Waals surface area contributed by atoms with Crippen molar-refractivity contribution in [1.82, 2.24) is 4.98 Å². The lowest BCUT2D eigenvalue weighted by Gasteiger charge is -2.30. The van der Waals surface area contributed by atoms with E-state index in [0.29, 0.717) is 42.7 Å². The molecule has 8 heteroatoms. The molecule has 170 valence electrons. The Labute approximate surface area is 188 Å². The van der Waals surface area contributed by atoms with Crippen LogP contribution in [-0.2, 0) is 9.84 Å². The smallest absolute Gasteiger partial charge is 0.236 e. The summed E-state index contributed by atoms with van der Waals surface area (Å²) in [7, 11) is -2.35. The number of piperidine rings is 1. The van der Waals surface area contributed by atoms with E-state index >= 15 is 0 Å². The molecule has 0 unspecified atom stereocenters. The van der Waals surface area contributed by atoms with Gasteiger partial charge in [0, 0.05) is 13.1 Å². The van der Waals surface area contributed by atoms with Crippen molar-refractivity contribution in [2.45, 2.75) is 36.6 Å². The standard InChI is InChI=1S/C24H28N2O5S/c1-4-30-18-9-11-19(12-10-18)32(27,28)23-24(26-15-13-17(2)14-16-26)31-22(25-23)20-7-5-6-8-21(20)29-3/h5-12,17H,4,13-16H2,1-3H3. The largest absolute Gasteiger partial charge is 0.496 e. The van der Waals surface area contributed by atoms with Crippen LogP contribution in [0.15, 0.2) is 62.9 Å². The van der Waals surface area contributed by atoms with Crippen LogP contribution >= 0.6 is 0 Å². The number of hydrogen-bond acceptors (Lipinski definition) is 7. The second-order valence-electron chi connectivity index (χ2n) is 7.91. The molecule has 1 aliphatic rings. The van der Waals surface area contributed by atoms with Gasteiger partial charge in [0.2, 0.25) is 26.6 Å². The van der Waals surface area contributed by atoms with E-state index in [4.69, 9.17) is 13.9 Å². The number of aromatic nitrogens is 1. The van der Waals surface area contributed by atoms with Gasteiger partial charge in [0.15, 0.2) is 0 Å². The molecule has 0 spiro atoms. The quantitative estimate of drug-likeness (QED) is 0.504. The molecular formula is C24H28N2O5S.